The lowest BCUT2D eigenvalue weighted by atomic mass is 9.96. The maximum absolute atomic E-state index is 11.8. The van der Waals surface area contributed by atoms with Crippen LogP contribution < -0.4 is 24.3 Å². The van der Waals surface area contributed by atoms with Gasteiger partial charge in [0.2, 0.25) is 0 Å². The molecular formula is C34H41ClN2O7. The van der Waals surface area contributed by atoms with Crippen molar-refractivity contribution in [3.63, 3.8) is 0 Å². The summed E-state index contributed by atoms with van der Waals surface area (Å²) in [6.07, 6.45) is 2.20. The van der Waals surface area contributed by atoms with Gasteiger partial charge in [-0.25, -0.2) is 0 Å². The molecule has 2 unspecified atom stereocenters. The summed E-state index contributed by atoms with van der Waals surface area (Å²) in [7, 11) is 2.11. The van der Waals surface area contributed by atoms with Crippen molar-refractivity contribution in [1.82, 2.24) is 10.2 Å². The van der Waals surface area contributed by atoms with Gasteiger partial charge in [-0.1, -0.05) is 35.9 Å². The van der Waals surface area contributed by atoms with Gasteiger partial charge >= 0.3 is 5.97 Å². The number of carboxylic acid groups (broad SMARTS) is 1. The first kappa shape index (κ1) is 31.9. The second-order valence-electron chi connectivity index (χ2n) is 11.9. The lowest BCUT2D eigenvalue weighted by molar-refractivity contribution is -0.145. The van der Waals surface area contributed by atoms with E-state index in [-0.39, 0.29) is 13.2 Å². The minimum Gasteiger partial charge on any atom is -0.493 e. The van der Waals surface area contributed by atoms with Gasteiger partial charge < -0.3 is 34.1 Å². The Morgan fingerprint density at radius 1 is 1.09 bits per heavy atom. The zero-order valence-electron chi connectivity index (χ0n) is 25.5. The molecule has 0 spiro atoms. The van der Waals surface area contributed by atoms with Crippen LogP contribution in [0.5, 0.6) is 23.0 Å². The highest BCUT2D eigenvalue weighted by Gasteiger charge is 2.32. The summed E-state index contributed by atoms with van der Waals surface area (Å²) in [4.78, 5) is 14.1. The van der Waals surface area contributed by atoms with Gasteiger partial charge in [0.15, 0.2) is 11.5 Å². The van der Waals surface area contributed by atoms with Crippen LogP contribution in [0, 0.1) is 12.8 Å². The number of piperidine rings is 1. The zero-order chi connectivity index (χ0) is 31.3. The molecule has 10 heteroatoms. The maximum atomic E-state index is 11.8. The van der Waals surface area contributed by atoms with Crippen molar-refractivity contribution in [2.24, 2.45) is 5.92 Å². The Bertz CT molecular complexity index is 1480. The quantitative estimate of drug-likeness (QED) is 0.247. The van der Waals surface area contributed by atoms with Gasteiger partial charge in [-0.2, -0.15) is 0 Å². The van der Waals surface area contributed by atoms with E-state index >= 15 is 0 Å². The summed E-state index contributed by atoms with van der Waals surface area (Å²) < 4.78 is 24.1. The molecule has 2 atom stereocenters. The molecule has 0 aliphatic carbocycles. The standard InChI is InChI=1S/C34H41ClN2O7/c1-22-25(7-4-8-27(22)24-9-10-29-32(15-24)42-13-12-41-29)20-44-31-16-30(43-19-23-6-5-11-37(3)18-23)26(14-28(31)35)17-36-34(2,21-38)33(39)40/h4,7-10,14-16,23,36,38H,5-6,11-13,17-21H2,1-3H3,(H,39,40). The molecule has 3 aromatic rings. The van der Waals surface area contributed by atoms with Crippen molar-refractivity contribution in [3.8, 4) is 34.1 Å². The van der Waals surface area contributed by atoms with Crippen LogP contribution in [0.15, 0.2) is 48.5 Å². The second kappa shape index (κ2) is 14.1. The highest BCUT2D eigenvalue weighted by atomic mass is 35.5. The van der Waals surface area contributed by atoms with E-state index in [1.807, 2.05) is 30.3 Å². The molecule has 0 aromatic heterocycles. The summed E-state index contributed by atoms with van der Waals surface area (Å²) in [5.41, 5.74) is 3.36. The van der Waals surface area contributed by atoms with E-state index in [4.69, 9.17) is 30.5 Å². The average Bonchev–Trinajstić information content (AvgIpc) is 3.02. The third-order valence-electron chi connectivity index (χ3n) is 8.45. The average molecular weight is 625 g/mol. The molecule has 9 nitrogen and oxygen atoms in total. The number of likely N-dealkylation sites (tertiary alicyclic amines) is 1. The predicted octanol–water partition coefficient (Wildman–Crippen LogP) is 5.31. The first-order valence-corrected chi connectivity index (χ1v) is 15.4. The van der Waals surface area contributed by atoms with Crippen LogP contribution >= 0.6 is 11.6 Å². The fraction of sp³-hybridized carbons (Fsp3) is 0.441. The van der Waals surface area contributed by atoms with Crippen LogP contribution in [0.3, 0.4) is 0 Å². The van der Waals surface area contributed by atoms with Crippen molar-refractivity contribution < 1.29 is 34.0 Å². The third kappa shape index (κ3) is 7.41. The van der Waals surface area contributed by atoms with Gasteiger partial charge in [0.1, 0.15) is 36.9 Å². The van der Waals surface area contributed by atoms with Gasteiger partial charge in [0.05, 0.1) is 18.2 Å². The van der Waals surface area contributed by atoms with Gasteiger partial charge in [-0.3, -0.25) is 10.1 Å². The fourth-order valence-electron chi connectivity index (χ4n) is 5.58. The highest BCUT2D eigenvalue weighted by Crippen LogP contribution is 2.37. The summed E-state index contributed by atoms with van der Waals surface area (Å²) in [5, 5.41) is 22.6. The Labute approximate surface area is 263 Å². The Hall–Kier alpha value is -3.50. The molecule has 236 valence electrons. The lowest BCUT2D eigenvalue weighted by Crippen LogP contribution is -2.52. The topological polar surface area (TPSA) is 110 Å². The van der Waals surface area contributed by atoms with Crippen LogP contribution in [0.2, 0.25) is 5.02 Å². The van der Waals surface area contributed by atoms with E-state index in [0.717, 1.165) is 59.7 Å². The number of carboxylic acids is 1. The number of ether oxygens (including phenoxy) is 4. The van der Waals surface area contributed by atoms with Gasteiger partial charge in [0.25, 0.3) is 0 Å². The number of hydrogen-bond donors (Lipinski definition) is 3. The number of nitrogens with zero attached hydrogens (tertiary/aromatic N) is 1. The van der Waals surface area contributed by atoms with Crippen molar-refractivity contribution in [2.45, 2.75) is 45.4 Å². The second-order valence-corrected chi connectivity index (χ2v) is 12.3. The number of benzene rings is 3. The van der Waals surface area contributed by atoms with E-state index in [1.54, 1.807) is 12.1 Å². The van der Waals surface area contributed by atoms with E-state index in [9.17, 15) is 15.0 Å². The molecule has 0 radical (unpaired) electrons. The largest absolute Gasteiger partial charge is 0.493 e. The molecule has 2 aliphatic rings. The molecule has 1 saturated heterocycles. The number of aliphatic carboxylic acids is 1. The first-order chi connectivity index (χ1) is 21.2. The molecular weight excluding hydrogens is 584 g/mol. The highest BCUT2D eigenvalue weighted by molar-refractivity contribution is 6.32. The maximum Gasteiger partial charge on any atom is 0.326 e. The SMILES string of the molecule is Cc1c(COc2cc(OCC3CCCN(C)C3)c(CNC(C)(CO)C(=O)O)cc2Cl)cccc1-c1ccc2c(c1)OCCO2. The number of fused-ring (bicyclic) bond motifs is 1. The normalized spacial score (nSPS) is 18.0. The van der Waals surface area contributed by atoms with Crippen molar-refractivity contribution in [2.75, 3.05) is 46.6 Å². The molecule has 3 aromatic carbocycles. The molecule has 0 saturated carbocycles. The van der Waals surface area contributed by atoms with Crippen LogP contribution in [0.4, 0.5) is 0 Å². The number of aliphatic hydroxyl groups is 1. The van der Waals surface area contributed by atoms with E-state index < -0.39 is 18.1 Å². The van der Waals surface area contributed by atoms with Crippen LogP contribution in [0.1, 0.15) is 36.5 Å². The summed E-state index contributed by atoms with van der Waals surface area (Å²) in [6, 6.07) is 15.6. The third-order valence-corrected chi connectivity index (χ3v) is 8.75. The summed E-state index contributed by atoms with van der Waals surface area (Å²) in [5.74, 6) is 1.76. The van der Waals surface area contributed by atoms with Crippen molar-refractivity contribution >= 4 is 17.6 Å². The molecule has 5 rings (SSSR count). The number of nitrogens with one attached hydrogen (secondary N) is 1. The van der Waals surface area contributed by atoms with Crippen molar-refractivity contribution in [3.05, 3.63) is 70.2 Å². The number of hydrogen-bond acceptors (Lipinski definition) is 8. The Balaban J connectivity index is 1.36. The molecule has 2 aliphatic heterocycles. The number of rotatable bonds is 12. The molecule has 2 heterocycles. The molecule has 3 N–H and O–H groups in total. The first-order valence-electron chi connectivity index (χ1n) is 15.0. The zero-order valence-corrected chi connectivity index (χ0v) is 26.3. The Morgan fingerprint density at radius 3 is 2.64 bits per heavy atom. The Kier molecular flexibility index (Phi) is 10.2. The van der Waals surface area contributed by atoms with Gasteiger partial charge in [0, 0.05) is 30.6 Å². The molecule has 44 heavy (non-hydrogen) atoms. The number of aliphatic hydroxyl groups excluding tert-OH is 1. The smallest absolute Gasteiger partial charge is 0.326 e. The van der Waals surface area contributed by atoms with E-state index in [0.29, 0.717) is 47.8 Å². The Morgan fingerprint density at radius 2 is 1.89 bits per heavy atom. The van der Waals surface area contributed by atoms with Crippen LogP contribution in [-0.4, -0.2) is 73.2 Å². The number of halogens is 1. The van der Waals surface area contributed by atoms with Gasteiger partial charge in [-0.05, 0) is 80.7 Å². The minimum atomic E-state index is -1.51. The summed E-state index contributed by atoms with van der Waals surface area (Å²) in [6.45, 7) is 7.00. The molecule has 1 fully saturated rings. The monoisotopic (exact) mass is 624 g/mol. The van der Waals surface area contributed by atoms with Crippen LogP contribution in [0.25, 0.3) is 11.1 Å². The van der Waals surface area contributed by atoms with E-state index in [1.165, 1.54) is 6.92 Å². The fourth-order valence-corrected chi connectivity index (χ4v) is 5.83. The minimum absolute atomic E-state index is 0.139. The predicted molar refractivity (Wildman–Crippen MR) is 169 cm³/mol. The van der Waals surface area contributed by atoms with Crippen LogP contribution in [-0.2, 0) is 17.9 Å². The van der Waals surface area contributed by atoms with Gasteiger partial charge in [-0.15, -0.1) is 0 Å². The van der Waals surface area contributed by atoms with Crippen molar-refractivity contribution in [1.29, 1.82) is 0 Å². The molecule has 0 amide bonds. The lowest BCUT2D eigenvalue weighted by Gasteiger charge is -2.30. The molecule has 0 bridgehead atoms. The van der Waals surface area contributed by atoms with E-state index in [2.05, 4.69) is 30.3 Å². The summed E-state index contributed by atoms with van der Waals surface area (Å²) >= 11 is 6.71. The number of carbonyl (C=O) groups is 1.